The maximum absolute atomic E-state index is 5.78. The molecule has 3 heterocycles. The number of rotatable bonds is 3. The molecule has 5 nitrogen and oxygen atoms in total. The summed E-state index contributed by atoms with van der Waals surface area (Å²) in [6.45, 7) is 5.96. The third kappa shape index (κ3) is 3.20. The molecule has 4 rings (SSSR count). The van der Waals surface area contributed by atoms with Crippen LogP contribution in [0.5, 0.6) is 0 Å². The van der Waals surface area contributed by atoms with Crippen LogP contribution >= 0.6 is 11.3 Å². The Bertz CT molecular complexity index is 789. The molecule has 0 aliphatic carbocycles. The van der Waals surface area contributed by atoms with Gasteiger partial charge >= 0.3 is 0 Å². The Morgan fingerprint density at radius 2 is 1.92 bits per heavy atom. The lowest BCUT2D eigenvalue weighted by molar-refractivity contribution is -0.00545. The van der Waals surface area contributed by atoms with E-state index in [0.717, 1.165) is 35.2 Å². The molecule has 0 bridgehead atoms. The van der Waals surface area contributed by atoms with Gasteiger partial charge in [0.2, 0.25) is 0 Å². The molecule has 24 heavy (non-hydrogen) atoms. The van der Waals surface area contributed by atoms with E-state index in [1.165, 1.54) is 4.70 Å². The van der Waals surface area contributed by atoms with Crippen LogP contribution in [0.2, 0.25) is 0 Å². The number of thiazole rings is 1. The van der Waals surface area contributed by atoms with Gasteiger partial charge in [0.25, 0.3) is 0 Å². The molecular formula is C18H20N4OS. The van der Waals surface area contributed by atoms with E-state index in [1.54, 1.807) is 11.3 Å². The zero-order chi connectivity index (χ0) is 16.5. The van der Waals surface area contributed by atoms with Gasteiger partial charge in [-0.15, -0.1) is 0 Å². The summed E-state index contributed by atoms with van der Waals surface area (Å²) in [4.78, 5) is 11.5. The minimum atomic E-state index is 0.232. The molecule has 0 spiro atoms. The molecule has 3 aromatic rings. The van der Waals surface area contributed by atoms with E-state index in [1.807, 2.05) is 24.4 Å². The second kappa shape index (κ2) is 6.37. The highest BCUT2D eigenvalue weighted by Crippen LogP contribution is 2.28. The number of morpholine rings is 1. The monoisotopic (exact) mass is 340 g/mol. The topological polar surface area (TPSA) is 50.3 Å². The number of pyridine rings is 1. The number of anilines is 3. The number of nitrogens with one attached hydrogen (secondary N) is 1. The fourth-order valence-corrected chi connectivity index (χ4v) is 3.95. The van der Waals surface area contributed by atoms with Crippen LogP contribution in [0.25, 0.3) is 10.2 Å². The first kappa shape index (κ1) is 15.4. The number of fused-ring (bicyclic) bond motifs is 1. The van der Waals surface area contributed by atoms with Crippen LogP contribution in [-0.2, 0) is 4.74 Å². The fourth-order valence-electron chi connectivity index (χ4n) is 3.06. The van der Waals surface area contributed by atoms with Crippen molar-refractivity contribution in [2.75, 3.05) is 23.3 Å². The van der Waals surface area contributed by atoms with Crippen molar-refractivity contribution in [2.45, 2.75) is 26.1 Å². The Morgan fingerprint density at radius 3 is 2.62 bits per heavy atom. The normalized spacial score (nSPS) is 21.2. The van der Waals surface area contributed by atoms with Gasteiger partial charge in [0.1, 0.15) is 5.82 Å². The van der Waals surface area contributed by atoms with E-state index in [9.17, 15) is 0 Å². The second-order valence-corrected chi connectivity index (χ2v) is 7.21. The highest BCUT2D eigenvalue weighted by atomic mass is 32.1. The molecule has 1 N–H and O–H groups in total. The molecule has 2 aromatic heterocycles. The zero-order valence-corrected chi connectivity index (χ0v) is 14.6. The summed E-state index contributed by atoms with van der Waals surface area (Å²) < 4.78 is 6.96. The lowest BCUT2D eigenvalue weighted by Gasteiger charge is -2.36. The second-order valence-electron chi connectivity index (χ2n) is 6.18. The van der Waals surface area contributed by atoms with Crippen LogP contribution in [0.3, 0.4) is 0 Å². The van der Waals surface area contributed by atoms with Crippen molar-refractivity contribution in [3.63, 3.8) is 0 Å². The standard InChI is InChI=1S/C18H20N4OS/c1-12-10-22(11-13(2)23-12)17-8-7-14(9-19-17)20-18-21-15-5-3-4-6-16(15)24-18/h3-9,12-13H,10-11H2,1-2H3,(H,20,21)/t12-,13-/m0/s1. The number of hydrogen-bond acceptors (Lipinski definition) is 6. The van der Waals surface area contributed by atoms with Crippen LogP contribution < -0.4 is 10.2 Å². The number of benzene rings is 1. The molecule has 0 amide bonds. The summed E-state index contributed by atoms with van der Waals surface area (Å²) in [5.74, 6) is 0.992. The van der Waals surface area contributed by atoms with Crippen LogP contribution in [0.15, 0.2) is 42.6 Å². The highest BCUT2D eigenvalue weighted by Gasteiger charge is 2.22. The number of hydrogen-bond donors (Lipinski definition) is 1. The number of para-hydroxylation sites is 1. The molecule has 0 unspecified atom stereocenters. The first-order valence-electron chi connectivity index (χ1n) is 8.16. The van der Waals surface area contributed by atoms with Crippen molar-refractivity contribution >= 4 is 38.2 Å². The minimum Gasteiger partial charge on any atom is -0.372 e. The lowest BCUT2D eigenvalue weighted by Crippen LogP contribution is -2.45. The number of aromatic nitrogens is 2. The predicted octanol–water partition coefficient (Wildman–Crippen LogP) is 4.05. The van der Waals surface area contributed by atoms with Crippen molar-refractivity contribution in [3.8, 4) is 0 Å². The predicted molar refractivity (Wildman–Crippen MR) is 99.4 cm³/mol. The largest absolute Gasteiger partial charge is 0.372 e. The van der Waals surface area contributed by atoms with E-state index in [-0.39, 0.29) is 12.2 Å². The third-order valence-electron chi connectivity index (χ3n) is 4.04. The molecule has 124 valence electrons. The van der Waals surface area contributed by atoms with Crippen LogP contribution in [0, 0.1) is 0 Å². The Morgan fingerprint density at radius 1 is 1.12 bits per heavy atom. The van der Waals surface area contributed by atoms with E-state index in [4.69, 9.17) is 4.74 Å². The summed E-state index contributed by atoms with van der Waals surface area (Å²) in [5, 5.41) is 4.23. The van der Waals surface area contributed by atoms with E-state index >= 15 is 0 Å². The summed E-state index contributed by atoms with van der Waals surface area (Å²) >= 11 is 1.65. The molecule has 2 atom stereocenters. The Hall–Kier alpha value is -2.18. The highest BCUT2D eigenvalue weighted by molar-refractivity contribution is 7.22. The quantitative estimate of drug-likeness (QED) is 0.779. The molecular weight excluding hydrogens is 320 g/mol. The van der Waals surface area contributed by atoms with Crippen molar-refractivity contribution < 1.29 is 4.74 Å². The van der Waals surface area contributed by atoms with Crippen LogP contribution in [-0.4, -0.2) is 35.3 Å². The molecule has 1 aromatic carbocycles. The Balaban J connectivity index is 1.49. The summed E-state index contributed by atoms with van der Waals surface area (Å²) in [6, 6.07) is 12.3. The molecule has 1 aliphatic heterocycles. The van der Waals surface area contributed by atoms with Gasteiger partial charge in [0, 0.05) is 13.1 Å². The minimum absolute atomic E-state index is 0.232. The molecule has 6 heteroatoms. The smallest absolute Gasteiger partial charge is 0.188 e. The maximum Gasteiger partial charge on any atom is 0.188 e. The van der Waals surface area contributed by atoms with Crippen molar-refractivity contribution in [1.82, 2.24) is 9.97 Å². The molecule has 0 radical (unpaired) electrons. The van der Waals surface area contributed by atoms with Gasteiger partial charge < -0.3 is 15.0 Å². The summed E-state index contributed by atoms with van der Waals surface area (Å²) in [7, 11) is 0. The molecule has 1 aliphatic rings. The van der Waals surface area contributed by atoms with E-state index < -0.39 is 0 Å². The first-order chi connectivity index (χ1) is 11.7. The summed E-state index contributed by atoms with van der Waals surface area (Å²) in [6.07, 6.45) is 2.33. The average Bonchev–Trinajstić information content (AvgIpc) is 2.97. The van der Waals surface area contributed by atoms with Crippen molar-refractivity contribution in [3.05, 3.63) is 42.6 Å². The van der Waals surface area contributed by atoms with Gasteiger partial charge in [-0.1, -0.05) is 23.5 Å². The lowest BCUT2D eigenvalue weighted by atomic mass is 10.2. The Kier molecular flexibility index (Phi) is 4.08. The summed E-state index contributed by atoms with van der Waals surface area (Å²) in [5.41, 5.74) is 1.97. The fraction of sp³-hybridized carbons (Fsp3) is 0.333. The third-order valence-corrected chi connectivity index (χ3v) is 4.99. The number of ether oxygens (including phenoxy) is 1. The van der Waals surface area contributed by atoms with E-state index in [0.29, 0.717) is 0 Å². The van der Waals surface area contributed by atoms with Gasteiger partial charge in [-0.25, -0.2) is 9.97 Å². The molecule has 1 fully saturated rings. The van der Waals surface area contributed by atoms with Crippen molar-refractivity contribution in [1.29, 1.82) is 0 Å². The first-order valence-corrected chi connectivity index (χ1v) is 8.98. The van der Waals surface area contributed by atoms with Gasteiger partial charge in [0.15, 0.2) is 5.13 Å². The molecule has 0 saturated carbocycles. The molecule has 1 saturated heterocycles. The van der Waals surface area contributed by atoms with Gasteiger partial charge in [-0.05, 0) is 38.1 Å². The SMILES string of the molecule is C[C@H]1CN(c2ccc(Nc3nc4ccccc4s3)cn2)C[C@H](C)O1. The van der Waals surface area contributed by atoms with Gasteiger partial charge in [0.05, 0.1) is 34.3 Å². The van der Waals surface area contributed by atoms with Crippen LogP contribution in [0.4, 0.5) is 16.6 Å². The van der Waals surface area contributed by atoms with Gasteiger partial charge in [-0.3, -0.25) is 0 Å². The van der Waals surface area contributed by atoms with Gasteiger partial charge in [-0.2, -0.15) is 0 Å². The average molecular weight is 340 g/mol. The van der Waals surface area contributed by atoms with E-state index in [2.05, 4.69) is 52.2 Å². The Labute approximate surface area is 145 Å². The zero-order valence-electron chi connectivity index (χ0n) is 13.8. The maximum atomic E-state index is 5.78. The van der Waals surface area contributed by atoms with Crippen LogP contribution in [0.1, 0.15) is 13.8 Å². The number of nitrogens with zero attached hydrogens (tertiary/aromatic N) is 3. The van der Waals surface area contributed by atoms with Crippen molar-refractivity contribution in [2.24, 2.45) is 0 Å².